The first-order valence-electron chi connectivity index (χ1n) is 5.94. The first kappa shape index (κ1) is 10.3. The highest BCUT2D eigenvalue weighted by Crippen LogP contribution is 2.21. The zero-order valence-corrected chi connectivity index (χ0v) is 9.93. The fourth-order valence-corrected chi connectivity index (χ4v) is 2.25. The van der Waals surface area contributed by atoms with E-state index in [-0.39, 0.29) is 0 Å². The minimum absolute atomic E-state index is 0.847. The van der Waals surface area contributed by atoms with Crippen LogP contribution in [0.1, 0.15) is 16.8 Å². The average molecular weight is 225 g/mol. The molecule has 0 aliphatic carbocycles. The Kier molecular flexibility index (Phi) is 2.52. The van der Waals surface area contributed by atoms with E-state index >= 15 is 0 Å². The van der Waals surface area contributed by atoms with Crippen LogP contribution in [0.25, 0.3) is 0 Å². The highest BCUT2D eigenvalue weighted by Gasteiger charge is 2.17. The van der Waals surface area contributed by atoms with Crippen LogP contribution in [0.4, 0.5) is 5.95 Å². The van der Waals surface area contributed by atoms with Crippen molar-refractivity contribution in [1.29, 1.82) is 0 Å². The first-order valence-corrected chi connectivity index (χ1v) is 5.94. The molecule has 86 valence electrons. The minimum Gasteiger partial charge on any atom is -0.336 e. The lowest BCUT2D eigenvalue weighted by atomic mass is 10.0. The fraction of sp³-hybridized carbons (Fsp3) is 0.286. The van der Waals surface area contributed by atoms with E-state index < -0.39 is 0 Å². The molecule has 17 heavy (non-hydrogen) atoms. The molecule has 0 unspecified atom stereocenters. The molecule has 0 bridgehead atoms. The quantitative estimate of drug-likeness (QED) is 0.746. The molecule has 1 aromatic heterocycles. The van der Waals surface area contributed by atoms with Crippen LogP contribution in [0.2, 0.25) is 0 Å². The Morgan fingerprint density at radius 3 is 2.76 bits per heavy atom. The lowest BCUT2D eigenvalue weighted by Gasteiger charge is -2.28. The molecule has 3 heteroatoms. The molecule has 2 heterocycles. The third-order valence-corrected chi connectivity index (χ3v) is 3.20. The minimum atomic E-state index is 0.847. The highest BCUT2D eigenvalue weighted by atomic mass is 15.2. The van der Waals surface area contributed by atoms with Crippen LogP contribution in [0.15, 0.2) is 36.5 Å². The summed E-state index contributed by atoms with van der Waals surface area (Å²) in [5.41, 5.74) is 3.87. The first-order chi connectivity index (χ1) is 8.33. The monoisotopic (exact) mass is 225 g/mol. The number of benzene rings is 1. The number of anilines is 1. The Morgan fingerprint density at radius 2 is 1.94 bits per heavy atom. The van der Waals surface area contributed by atoms with Crippen molar-refractivity contribution in [2.75, 3.05) is 11.4 Å². The second-order valence-corrected chi connectivity index (χ2v) is 4.44. The summed E-state index contributed by atoms with van der Waals surface area (Å²) in [5.74, 6) is 0.847. The molecule has 0 spiro atoms. The largest absolute Gasteiger partial charge is 0.336 e. The molecule has 0 radical (unpaired) electrons. The molecule has 3 rings (SSSR count). The van der Waals surface area contributed by atoms with Gasteiger partial charge in [0.05, 0.1) is 0 Å². The number of aryl methyl sites for hydroxylation is 1. The third kappa shape index (κ3) is 2.00. The molecule has 0 N–H and O–H groups in total. The van der Waals surface area contributed by atoms with Crippen molar-refractivity contribution in [3.63, 3.8) is 0 Å². The Bertz CT molecular complexity index is 536. The molecule has 0 amide bonds. The van der Waals surface area contributed by atoms with Crippen molar-refractivity contribution in [3.05, 3.63) is 53.3 Å². The second kappa shape index (κ2) is 4.17. The van der Waals surface area contributed by atoms with Gasteiger partial charge in [-0.3, -0.25) is 0 Å². The normalized spacial score (nSPS) is 14.5. The van der Waals surface area contributed by atoms with E-state index in [1.807, 2.05) is 19.2 Å². The maximum atomic E-state index is 4.48. The summed E-state index contributed by atoms with van der Waals surface area (Å²) in [4.78, 5) is 11.1. The number of fused-ring (bicyclic) bond motifs is 1. The number of nitrogens with zero attached hydrogens (tertiary/aromatic N) is 3. The summed E-state index contributed by atoms with van der Waals surface area (Å²) in [6, 6.07) is 10.5. The van der Waals surface area contributed by atoms with E-state index in [1.165, 1.54) is 11.1 Å². The van der Waals surface area contributed by atoms with E-state index in [2.05, 4.69) is 39.1 Å². The summed E-state index contributed by atoms with van der Waals surface area (Å²) in [7, 11) is 0. The predicted molar refractivity (Wildman–Crippen MR) is 68.0 cm³/mol. The van der Waals surface area contributed by atoms with E-state index in [1.54, 1.807) is 0 Å². The molecule has 1 aromatic carbocycles. The van der Waals surface area contributed by atoms with Crippen LogP contribution in [0.5, 0.6) is 0 Å². The van der Waals surface area contributed by atoms with Crippen LogP contribution in [0.3, 0.4) is 0 Å². The van der Waals surface area contributed by atoms with Gasteiger partial charge in [0.1, 0.15) is 0 Å². The maximum absolute atomic E-state index is 4.48. The highest BCUT2D eigenvalue weighted by molar-refractivity contribution is 5.39. The van der Waals surface area contributed by atoms with E-state index in [9.17, 15) is 0 Å². The molecule has 3 nitrogen and oxygen atoms in total. The van der Waals surface area contributed by atoms with Crippen LogP contribution in [-0.2, 0) is 13.0 Å². The fourth-order valence-electron chi connectivity index (χ4n) is 2.25. The van der Waals surface area contributed by atoms with Crippen molar-refractivity contribution in [2.45, 2.75) is 19.9 Å². The van der Waals surface area contributed by atoms with Gasteiger partial charge in [-0.1, -0.05) is 24.3 Å². The number of hydrogen-bond acceptors (Lipinski definition) is 3. The van der Waals surface area contributed by atoms with Gasteiger partial charge in [0.25, 0.3) is 0 Å². The molecule has 0 fully saturated rings. The van der Waals surface area contributed by atoms with Gasteiger partial charge in [-0.25, -0.2) is 9.97 Å². The lowest BCUT2D eigenvalue weighted by Crippen LogP contribution is -2.31. The molecular weight excluding hydrogens is 210 g/mol. The Hall–Kier alpha value is -1.90. The van der Waals surface area contributed by atoms with Crippen LogP contribution in [0, 0.1) is 6.92 Å². The van der Waals surface area contributed by atoms with Gasteiger partial charge in [0, 0.05) is 25.0 Å². The van der Waals surface area contributed by atoms with E-state index in [4.69, 9.17) is 0 Å². The summed E-state index contributed by atoms with van der Waals surface area (Å²) in [6.07, 6.45) is 2.91. The van der Waals surface area contributed by atoms with E-state index in [0.29, 0.717) is 0 Å². The lowest BCUT2D eigenvalue weighted by molar-refractivity contribution is 0.706. The maximum Gasteiger partial charge on any atom is 0.225 e. The Balaban J connectivity index is 1.89. The summed E-state index contributed by atoms with van der Waals surface area (Å²) in [6.45, 7) is 3.92. The Labute approximate surface area is 101 Å². The van der Waals surface area contributed by atoms with Crippen molar-refractivity contribution < 1.29 is 0 Å². The third-order valence-electron chi connectivity index (χ3n) is 3.20. The number of rotatable bonds is 1. The standard InChI is InChI=1S/C14H15N3/c1-11-6-8-15-14(16-11)17-9-7-12-4-2-3-5-13(12)10-17/h2-6,8H,7,9-10H2,1H3. The van der Waals surface area contributed by atoms with Crippen molar-refractivity contribution in [1.82, 2.24) is 9.97 Å². The zero-order chi connectivity index (χ0) is 11.7. The van der Waals surface area contributed by atoms with E-state index in [0.717, 1.165) is 31.2 Å². The summed E-state index contributed by atoms with van der Waals surface area (Å²) >= 11 is 0. The molecule has 1 aliphatic rings. The number of hydrogen-bond donors (Lipinski definition) is 0. The van der Waals surface area contributed by atoms with Crippen LogP contribution >= 0.6 is 0 Å². The molecule has 1 aliphatic heterocycles. The SMILES string of the molecule is Cc1ccnc(N2CCc3ccccc3C2)n1. The van der Waals surface area contributed by atoms with Crippen molar-refractivity contribution in [2.24, 2.45) is 0 Å². The van der Waals surface area contributed by atoms with Crippen LogP contribution < -0.4 is 4.90 Å². The molecule has 0 atom stereocenters. The van der Waals surface area contributed by atoms with Gasteiger partial charge >= 0.3 is 0 Å². The smallest absolute Gasteiger partial charge is 0.225 e. The van der Waals surface area contributed by atoms with Crippen LogP contribution in [-0.4, -0.2) is 16.5 Å². The van der Waals surface area contributed by atoms with Gasteiger partial charge < -0.3 is 4.90 Å². The van der Waals surface area contributed by atoms with Gasteiger partial charge in [0.15, 0.2) is 0 Å². The predicted octanol–water partition coefficient (Wildman–Crippen LogP) is 2.35. The van der Waals surface area contributed by atoms with Gasteiger partial charge in [0.2, 0.25) is 5.95 Å². The average Bonchev–Trinajstić information content (AvgIpc) is 2.38. The number of aromatic nitrogens is 2. The molecule has 2 aromatic rings. The zero-order valence-electron chi connectivity index (χ0n) is 9.93. The molecule has 0 saturated carbocycles. The topological polar surface area (TPSA) is 29.0 Å². The van der Waals surface area contributed by atoms with Gasteiger partial charge in [-0.15, -0.1) is 0 Å². The molecular formula is C14H15N3. The van der Waals surface area contributed by atoms with Gasteiger partial charge in [-0.2, -0.15) is 0 Å². The van der Waals surface area contributed by atoms with Crippen molar-refractivity contribution in [3.8, 4) is 0 Å². The second-order valence-electron chi connectivity index (χ2n) is 4.44. The molecule has 0 saturated heterocycles. The van der Waals surface area contributed by atoms with Gasteiger partial charge in [-0.05, 0) is 30.5 Å². The van der Waals surface area contributed by atoms with Crippen molar-refractivity contribution >= 4 is 5.95 Å². The Morgan fingerprint density at radius 1 is 1.12 bits per heavy atom. The summed E-state index contributed by atoms with van der Waals surface area (Å²) < 4.78 is 0. The summed E-state index contributed by atoms with van der Waals surface area (Å²) in [5, 5.41) is 0.